The van der Waals surface area contributed by atoms with Crippen molar-refractivity contribution in [3.8, 4) is 27.3 Å². The van der Waals surface area contributed by atoms with Crippen LogP contribution in [-0.4, -0.2) is 51.8 Å². The van der Waals surface area contributed by atoms with Crippen LogP contribution in [0, 0.1) is 20.8 Å². The van der Waals surface area contributed by atoms with Crippen LogP contribution in [0.5, 0.6) is 5.75 Å². The predicted octanol–water partition coefficient (Wildman–Crippen LogP) is 6.87. The molecule has 2 aromatic heterocycles. The van der Waals surface area contributed by atoms with E-state index in [1.165, 1.54) is 35.6 Å². The molecular formula is C34H35N3O8S. The smallest absolute Gasteiger partial charge is 0.407 e. The number of pyridine rings is 1. The number of carboxylic acids is 1. The molecule has 0 aliphatic carbocycles. The number of aromatic nitrogens is 1. The molecule has 4 rings (SSSR count). The van der Waals surface area contributed by atoms with Crippen molar-refractivity contribution in [1.29, 1.82) is 0 Å². The van der Waals surface area contributed by atoms with Crippen molar-refractivity contribution in [2.45, 2.75) is 53.7 Å². The molecule has 2 heterocycles. The largest absolute Gasteiger partial charge is 0.507 e. The Morgan fingerprint density at radius 1 is 0.913 bits per heavy atom. The number of nitrogens with one attached hydrogen (secondary N) is 2. The number of hydrogen-bond donors (Lipinski definition) is 4. The van der Waals surface area contributed by atoms with Crippen molar-refractivity contribution in [1.82, 2.24) is 10.3 Å². The van der Waals surface area contributed by atoms with Gasteiger partial charge in [0.05, 0.1) is 7.11 Å². The van der Waals surface area contributed by atoms with Gasteiger partial charge in [0.15, 0.2) is 5.69 Å². The van der Waals surface area contributed by atoms with E-state index in [9.17, 15) is 29.4 Å². The lowest BCUT2D eigenvalue weighted by molar-refractivity contribution is 0.0521. The summed E-state index contributed by atoms with van der Waals surface area (Å²) in [4.78, 5) is 55.3. The van der Waals surface area contributed by atoms with Gasteiger partial charge >= 0.3 is 18.0 Å². The molecule has 0 aliphatic rings. The summed E-state index contributed by atoms with van der Waals surface area (Å²) in [6, 6.07) is 11.0. The normalized spacial score (nSPS) is 11.1. The van der Waals surface area contributed by atoms with Crippen LogP contribution >= 0.6 is 11.3 Å². The number of carbonyl (C=O) groups is 4. The molecule has 4 aromatic rings. The molecule has 11 nitrogen and oxygen atoms in total. The van der Waals surface area contributed by atoms with E-state index in [0.29, 0.717) is 11.3 Å². The van der Waals surface area contributed by atoms with E-state index in [4.69, 9.17) is 9.47 Å². The Labute approximate surface area is 270 Å². The highest BCUT2D eigenvalue weighted by Crippen LogP contribution is 2.41. The van der Waals surface area contributed by atoms with Crippen LogP contribution < -0.4 is 10.6 Å². The molecule has 4 N–H and O–H groups in total. The van der Waals surface area contributed by atoms with E-state index in [2.05, 4.69) is 15.6 Å². The lowest BCUT2D eigenvalue weighted by Crippen LogP contribution is -2.32. The zero-order chi connectivity index (χ0) is 33.9. The molecule has 0 unspecified atom stereocenters. The minimum absolute atomic E-state index is 0.101. The molecule has 2 amide bonds. The van der Waals surface area contributed by atoms with Gasteiger partial charge in [-0.25, -0.2) is 19.4 Å². The fourth-order valence-electron chi connectivity index (χ4n) is 4.90. The number of ether oxygens (including phenoxy) is 2. The number of hydrogen-bond acceptors (Lipinski definition) is 9. The lowest BCUT2D eigenvalue weighted by atomic mass is 9.93. The van der Waals surface area contributed by atoms with Gasteiger partial charge in [-0.15, -0.1) is 11.3 Å². The summed E-state index contributed by atoms with van der Waals surface area (Å²) in [7, 11) is 1.13. The first kappa shape index (κ1) is 33.7. The van der Waals surface area contributed by atoms with Gasteiger partial charge < -0.3 is 30.3 Å². The minimum atomic E-state index is -1.35. The van der Waals surface area contributed by atoms with Crippen molar-refractivity contribution < 1.29 is 38.9 Å². The van der Waals surface area contributed by atoms with Gasteiger partial charge in [0.25, 0.3) is 5.91 Å². The Hall–Kier alpha value is -5.23. The van der Waals surface area contributed by atoms with Crippen molar-refractivity contribution in [3.63, 3.8) is 0 Å². The summed E-state index contributed by atoms with van der Waals surface area (Å²) >= 11 is 1.39. The number of nitrogens with zero attached hydrogens (tertiary/aromatic N) is 1. The number of benzene rings is 2. The highest BCUT2D eigenvalue weighted by Gasteiger charge is 2.26. The SMILES string of the molecule is COC(=O)c1nc(C(=O)O)ccc1-c1cc(O)c(-c2sccc2C)cc1C(=O)Nc1c(C)cc(CNC(=O)OC(C)(C)C)cc1C. The number of anilines is 1. The number of esters is 1. The molecule has 0 fully saturated rings. The first-order chi connectivity index (χ1) is 21.6. The number of thiophene rings is 1. The standard InChI is InChI=1S/C34H35N3O8S/c1-17-10-11-46-29(17)24-14-23(22(15-26(24)38)21-8-9-25(31(40)41)36-28(21)32(42)44-7)30(39)37-27-18(2)12-20(13-19(27)3)16-35-33(43)45-34(4,5)6/h8-15,38H,16H2,1-7H3,(H,35,43)(H,37,39)(H,40,41). The number of phenols is 1. The van der Waals surface area contributed by atoms with E-state index in [0.717, 1.165) is 34.2 Å². The van der Waals surface area contributed by atoms with Crippen LogP contribution in [0.2, 0.25) is 0 Å². The van der Waals surface area contributed by atoms with E-state index in [-0.39, 0.29) is 34.7 Å². The van der Waals surface area contributed by atoms with Crippen LogP contribution in [0.3, 0.4) is 0 Å². The predicted molar refractivity (Wildman–Crippen MR) is 175 cm³/mol. The number of methoxy groups -OCH3 is 1. The molecule has 0 spiro atoms. The monoisotopic (exact) mass is 645 g/mol. The Balaban J connectivity index is 1.79. The highest BCUT2D eigenvalue weighted by atomic mass is 32.1. The van der Waals surface area contributed by atoms with E-state index >= 15 is 0 Å². The fraction of sp³-hybridized carbons (Fsp3) is 0.265. The number of alkyl carbamates (subject to hydrolysis) is 1. The number of carbonyl (C=O) groups excluding carboxylic acids is 3. The molecular weight excluding hydrogens is 610 g/mol. The third-order valence-corrected chi connectivity index (χ3v) is 7.99. The van der Waals surface area contributed by atoms with Gasteiger partial charge in [-0.3, -0.25) is 4.79 Å². The third kappa shape index (κ3) is 7.52. The average Bonchev–Trinajstić information content (AvgIpc) is 3.41. The second-order valence-corrected chi connectivity index (χ2v) is 12.6. The number of aromatic hydroxyl groups is 1. The van der Waals surface area contributed by atoms with E-state index in [1.807, 2.05) is 44.4 Å². The molecule has 0 aliphatic heterocycles. The van der Waals surface area contributed by atoms with Gasteiger partial charge in [0.1, 0.15) is 17.0 Å². The van der Waals surface area contributed by atoms with Crippen LogP contribution in [-0.2, 0) is 16.0 Å². The summed E-state index contributed by atoms with van der Waals surface area (Å²) in [5.74, 6) is -2.96. The summed E-state index contributed by atoms with van der Waals surface area (Å²) < 4.78 is 10.2. The summed E-state index contributed by atoms with van der Waals surface area (Å²) in [6.45, 7) is 11.1. The molecule has 0 saturated carbocycles. The lowest BCUT2D eigenvalue weighted by Gasteiger charge is -2.20. The maximum Gasteiger partial charge on any atom is 0.407 e. The number of amides is 2. The van der Waals surface area contributed by atoms with Crippen LogP contribution in [0.25, 0.3) is 21.6 Å². The molecule has 0 bridgehead atoms. The zero-order valence-electron chi connectivity index (χ0n) is 26.5. The van der Waals surface area contributed by atoms with E-state index < -0.39 is 35.2 Å². The van der Waals surface area contributed by atoms with Gasteiger partial charge in [0.2, 0.25) is 0 Å². The molecule has 12 heteroatoms. The van der Waals surface area contributed by atoms with Crippen LogP contribution in [0.1, 0.15) is 74.4 Å². The second-order valence-electron chi connectivity index (χ2n) is 11.7. The summed E-state index contributed by atoms with van der Waals surface area (Å²) in [6.07, 6.45) is -0.547. The van der Waals surface area contributed by atoms with Gasteiger partial charge in [-0.1, -0.05) is 12.1 Å². The molecule has 240 valence electrons. The number of phenolic OH excluding ortho intramolecular Hbond substituents is 1. The fourth-order valence-corrected chi connectivity index (χ4v) is 5.85. The van der Waals surface area contributed by atoms with Gasteiger partial charge in [-0.05, 0) is 99.5 Å². The number of aromatic carboxylic acids is 1. The summed E-state index contributed by atoms with van der Waals surface area (Å²) in [5, 5.41) is 28.2. The highest BCUT2D eigenvalue weighted by molar-refractivity contribution is 7.13. The van der Waals surface area contributed by atoms with Gasteiger partial charge in [0, 0.05) is 39.4 Å². The minimum Gasteiger partial charge on any atom is -0.507 e. The van der Waals surface area contributed by atoms with Crippen molar-refractivity contribution in [2.75, 3.05) is 12.4 Å². The first-order valence-corrected chi connectivity index (χ1v) is 15.1. The topological polar surface area (TPSA) is 164 Å². The molecule has 46 heavy (non-hydrogen) atoms. The molecule has 0 radical (unpaired) electrons. The Morgan fingerprint density at radius 3 is 2.15 bits per heavy atom. The number of aryl methyl sites for hydroxylation is 3. The van der Waals surface area contributed by atoms with Crippen LogP contribution in [0.15, 0.2) is 47.8 Å². The molecule has 0 atom stereocenters. The number of rotatable bonds is 8. The maximum atomic E-state index is 14.1. The average molecular weight is 646 g/mol. The van der Waals surface area contributed by atoms with Crippen molar-refractivity contribution in [2.24, 2.45) is 0 Å². The third-order valence-electron chi connectivity index (χ3n) is 6.94. The van der Waals surface area contributed by atoms with Crippen molar-refractivity contribution in [3.05, 3.63) is 87.0 Å². The summed E-state index contributed by atoms with van der Waals surface area (Å²) in [5.41, 5.74) is 3.09. The quantitative estimate of drug-likeness (QED) is 0.150. The maximum absolute atomic E-state index is 14.1. The van der Waals surface area contributed by atoms with E-state index in [1.54, 1.807) is 20.8 Å². The zero-order valence-corrected chi connectivity index (χ0v) is 27.3. The number of carboxylic acid groups (broad SMARTS) is 1. The Kier molecular flexibility index (Phi) is 9.81. The Morgan fingerprint density at radius 2 is 1.59 bits per heavy atom. The second kappa shape index (κ2) is 13.4. The Bertz CT molecular complexity index is 1830. The van der Waals surface area contributed by atoms with Gasteiger partial charge in [-0.2, -0.15) is 0 Å². The van der Waals surface area contributed by atoms with Crippen molar-refractivity contribution >= 4 is 41.0 Å². The first-order valence-electron chi connectivity index (χ1n) is 14.2. The molecule has 2 aromatic carbocycles. The molecule has 0 saturated heterocycles. The van der Waals surface area contributed by atoms with Crippen LogP contribution in [0.4, 0.5) is 10.5 Å².